The fraction of sp³-hybridized carbons (Fsp3) is 0.238. The number of carbonyl (C=O) groups is 3. The third kappa shape index (κ3) is 5.52. The van der Waals surface area contributed by atoms with Crippen LogP contribution in [-0.2, 0) is 14.1 Å². The topological polar surface area (TPSA) is 215 Å². The van der Waals surface area contributed by atoms with E-state index in [4.69, 9.17) is 10.9 Å². The molecular weight excluding hydrogens is 474 g/mol. The second kappa shape index (κ2) is 10.5. The lowest BCUT2D eigenvalue weighted by atomic mass is 10.2. The van der Waals surface area contributed by atoms with Crippen LogP contribution < -0.4 is 21.7 Å². The summed E-state index contributed by atoms with van der Waals surface area (Å²) in [6.45, 7) is 1.81. The number of nitrogens with two attached hydrogens (primary N) is 1. The first kappa shape index (κ1) is 25.5. The molecule has 15 heteroatoms. The van der Waals surface area contributed by atoms with Crippen LogP contribution in [0.4, 0.5) is 17.1 Å². The van der Waals surface area contributed by atoms with Crippen molar-refractivity contribution in [3.63, 3.8) is 0 Å². The summed E-state index contributed by atoms with van der Waals surface area (Å²) >= 11 is 0. The Kier molecular flexibility index (Phi) is 7.42. The van der Waals surface area contributed by atoms with Crippen LogP contribution in [0.15, 0.2) is 35.9 Å². The molecule has 0 spiro atoms. The number of nitrogens with zero attached hydrogens (tertiary/aromatic N) is 4. The highest BCUT2D eigenvalue weighted by molar-refractivity contribution is 6.07. The summed E-state index contributed by atoms with van der Waals surface area (Å²) in [6, 6.07) is 2.61. The molecule has 0 fully saturated rings. The van der Waals surface area contributed by atoms with Gasteiger partial charge in [0.15, 0.2) is 0 Å². The van der Waals surface area contributed by atoms with Gasteiger partial charge in [-0.15, -0.1) is 0 Å². The molecule has 0 bridgehead atoms. The highest BCUT2D eigenvalue weighted by Gasteiger charge is 2.21. The van der Waals surface area contributed by atoms with Crippen molar-refractivity contribution >= 4 is 40.6 Å². The molecule has 190 valence electrons. The lowest BCUT2D eigenvalue weighted by Gasteiger charge is -2.07. The first-order chi connectivity index (χ1) is 17.0. The monoisotopic (exact) mass is 499 g/mol. The van der Waals surface area contributed by atoms with E-state index >= 15 is 0 Å². The van der Waals surface area contributed by atoms with Gasteiger partial charge in [0.1, 0.15) is 22.9 Å². The average molecular weight is 499 g/mol. The molecule has 15 nitrogen and oxygen atoms in total. The molecule has 0 unspecified atom stereocenters. The number of aryl methyl sites for hydroxylation is 2. The molecule has 0 aliphatic heterocycles. The van der Waals surface area contributed by atoms with Crippen molar-refractivity contribution < 1.29 is 24.5 Å². The number of H-pyrrole nitrogens is 1. The van der Waals surface area contributed by atoms with E-state index in [2.05, 4.69) is 26.1 Å². The van der Waals surface area contributed by atoms with Gasteiger partial charge < -0.3 is 41.0 Å². The third-order valence-corrected chi connectivity index (χ3v) is 5.34. The van der Waals surface area contributed by atoms with Crippen LogP contribution in [0, 0.1) is 17.0 Å². The minimum absolute atomic E-state index is 0.0189. The quantitative estimate of drug-likeness (QED) is 0.0832. The highest BCUT2D eigenvalue weighted by Crippen LogP contribution is 2.22. The second-order valence-corrected chi connectivity index (χ2v) is 7.88. The van der Waals surface area contributed by atoms with E-state index in [-0.39, 0.29) is 41.6 Å². The van der Waals surface area contributed by atoms with Crippen molar-refractivity contribution in [2.24, 2.45) is 25.0 Å². The zero-order valence-electron chi connectivity index (χ0n) is 19.7. The number of oxime groups is 1. The molecular formula is C21H25N9O6. The van der Waals surface area contributed by atoms with Gasteiger partial charge in [-0.25, -0.2) is 0 Å². The molecule has 3 heterocycles. The molecule has 3 aromatic rings. The number of hydrogen-bond donors (Lipinski definition) is 6. The minimum atomic E-state index is -0.595. The van der Waals surface area contributed by atoms with Crippen LogP contribution in [0.3, 0.4) is 0 Å². The smallest absolute Gasteiger partial charge is 0.287 e. The number of nitrogens with one attached hydrogen (secondary N) is 4. The summed E-state index contributed by atoms with van der Waals surface area (Å²) in [4.78, 5) is 50.9. The van der Waals surface area contributed by atoms with Crippen LogP contribution in [-0.4, -0.2) is 54.4 Å². The lowest BCUT2D eigenvalue weighted by Crippen LogP contribution is -2.28. The Hall–Kier alpha value is -5.08. The molecule has 0 aromatic carbocycles. The molecule has 3 rings (SSSR count). The maximum Gasteiger partial charge on any atom is 0.287 e. The molecule has 0 saturated carbocycles. The van der Waals surface area contributed by atoms with Crippen LogP contribution >= 0.6 is 0 Å². The highest BCUT2D eigenvalue weighted by atomic mass is 16.6. The number of hydrogen-bond acceptors (Lipinski definition) is 7. The van der Waals surface area contributed by atoms with Gasteiger partial charge in [0.2, 0.25) is 0 Å². The van der Waals surface area contributed by atoms with E-state index in [1.165, 1.54) is 40.8 Å². The van der Waals surface area contributed by atoms with Crippen LogP contribution in [0.1, 0.15) is 43.4 Å². The van der Waals surface area contributed by atoms with Crippen molar-refractivity contribution in [3.05, 3.63) is 63.5 Å². The van der Waals surface area contributed by atoms with Gasteiger partial charge in [0.25, 0.3) is 23.4 Å². The first-order valence-electron chi connectivity index (χ1n) is 10.5. The number of rotatable bonds is 9. The molecule has 0 aliphatic carbocycles. The predicted molar refractivity (Wildman–Crippen MR) is 129 cm³/mol. The molecule has 3 aromatic heterocycles. The second-order valence-electron chi connectivity index (χ2n) is 7.88. The van der Waals surface area contributed by atoms with E-state index in [9.17, 15) is 24.5 Å². The first-order valence-corrected chi connectivity index (χ1v) is 10.5. The summed E-state index contributed by atoms with van der Waals surface area (Å²) in [7, 11) is 3.13. The van der Waals surface area contributed by atoms with E-state index in [1.807, 2.05) is 0 Å². The maximum absolute atomic E-state index is 12.9. The molecule has 0 atom stereocenters. The van der Waals surface area contributed by atoms with Gasteiger partial charge in [-0.1, -0.05) is 5.16 Å². The van der Waals surface area contributed by atoms with Crippen LogP contribution in [0.5, 0.6) is 0 Å². The van der Waals surface area contributed by atoms with E-state index < -0.39 is 22.6 Å². The van der Waals surface area contributed by atoms with E-state index in [0.29, 0.717) is 16.9 Å². The number of aromatic amines is 1. The summed E-state index contributed by atoms with van der Waals surface area (Å²) in [6.07, 6.45) is 4.39. The minimum Gasteiger partial charge on any atom is -0.409 e. The Morgan fingerprint density at radius 2 is 1.75 bits per heavy atom. The molecule has 0 radical (unpaired) electrons. The van der Waals surface area contributed by atoms with Gasteiger partial charge in [-0.05, 0) is 13.0 Å². The van der Waals surface area contributed by atoms with Gasteiger partial charge in [0.05, 0.1) is 22.5 Å². The lowest BCUT2D eigenvalue weighted by molar-refractivity contribution is -0.384. The number of anilines is 2. The van der Waals surface area contributed by atoms with E-state index in [1.54, 1.807) is 14.0 Å². The van der Waals surface area contributed by atoms with Crippen molar-refractivity contribution in [1.82, 2.24) is 19.4 Å². The van der Waals surface area contributed by atoms with Crippen molar-refractivity contribution in [3.8, 4) is 0 Å². The molecule has 0 saturated heterocycles. The fourth-order valence-electron chi connectivity index (χ4n) is 3.42. The Morgan fingerprint density at radius 1 is 1.11 bits per heavy atom. The Bertz CT molecular complexity index is 1360. The van der Waals surface area contributed by atoms with Crippen molar-refractivity contribution in [1.29, 1.82) is 0 Å². The fourth-order valence-corrected chi connectivity index (χ4v) is 3.42. The Balaban J connectivity index is 1.67. The number of amidine groups is 1. The average Bonchev–Trinajstić information content (AvgIpc) is 3.50. The van der Waals surface area contributed by atoms with Gasteiger partial charge in [-0.2, -0.15) is 0 Å². The summed E-state index contributed by atoms with van der Waals surface area (Å²) in [5.74, 6) is -1.51. The zero-order valence-corrected chi connectivity index (χ0v) is 19.7. The normalized spacial score (nSPS) is 11.2. The number of carbonyl (C=O) groups excluding carboxylic acids is 3. The Morgan fingerprint density at radius 3 is 2.39 bits per heavy atom. The van der Waals surface area contributed by atoms with Crippen LogP contribution in [0.2, 0.25) is 0 Å². The van der Waals surface area contributed by atoms with Crippen molar-refractivity contribution in [2.75, 3.05) is 17.2 Å². The molecule has 3 amide bonds. The summed E-state index contributed by atoms with van der Waals surface area (Å²) in [5.41, 5.74) is 6.88. The van der Waals surface area contributed by atoms with Gasteiger partial charge >= 0.3 is 0 Å². The molecule has 7 N–H and O–H groups in total. The number of amides is 3. The summed E-state index contributed by atoms with van der Waals surface area (Å²) < 4.78 is 2.84. The predicted octanol–water partition coefficient (Wildman–Crippen LogP) is 1.28. The summed E-state index contributed by atoms with van der Waals surface area (Å²) in [5, 5.41) is 30.3. The molecule has 36 heavy (non-hydrogen) atoms. The number of nitro groups is 1. The van der Waals surface area contributed by atoms with Gasteiger partial charge in [0, 0.05) is 51.1 Å². The maximum atomic E-state index is 12.9. The zero-order chi connectivity index (χ0) is 26.6. The van der Waals surface area contributed by atoms with Crippen LogP contribution in [0.25, 0.3) is 0 Å². The van der Waals surface area contributed by atoms with Crippen molar-refractivity contribution in [2.45, 2.75) is 13.3 Å². The largest absolute Gasteiger partial charge is 0.409 e. The number of aromatic nitrogens is 3. The Labute approximate surface area is 204 Å². The van der Waals surface area contributed by atoms with E-state index in [0.717, 1.165) is 6.07 Å². The SMILES string of the molecule is Cc1c(NC(=O)c2cc(NC(=O)c3cc([N+](=O)[O-])cn3C)cn2C)c[nH]c1C(=O)NCCC(N)=NO. The van der Waals surface area contributed by atoms with Gasteiger partial charge in [-0.3, -0.25) is 24.5 Å². The third-order valence-electron chi connectivity index (χ3n) is 5.34. The standard InChI is InChI=1S/C21H25N9O6/c1-11-14(8-24-18(11)21(33)23-5-4-17(22)27-34)26-20(32)15-6-12(9-28(15)2)25-19(31)16-7-13(30(35)36)10-29(16)3/h6-10,24,34H,4-5H2,1-3H3,(H2,22,27)(H,23,33)(H,25,31)(H,26,32). The molecule has 0 aliphatic rings.